The molecule has 3 N–H and O–H groups in total. The van der Waals surface area contributed by atoms with Gasteiger partial charge in [0.25, 0.3) is 0 Å². The zero-order chi connectivity index (χ0) is 44.4. The zero-order valence-electron chi connectivity index (χ0n) is 40.0. The number of carbonyl (C=O) groups excluding carboxylic acids is 7. The van der Waals surface area contributed by atoms with Gasteiger partial charge in [-0.3, -0.25) is 19.3 Å². The molecule has 0 saturated heterocycles. The number of ether oxygens (including phenoxy) is 1. The number of unbranched alkanes of at least 4 members (excludes halogenated alkanes) is 18. The van der Waals surface area contributed by atoms with Crippen LogP contribution in [-0.4, -0.2) is 96.6 Å². The van der Waals surface area contributed by atoms with Crippen LogP contribution in [0, 0.1) is 0 Å². The van der Waals surface area contributed by atoms with Gasteiger partial charge in [0.15, 0.2) is 0 Å². The molecule has 20 heteroatoms. The van der Waals surface area contributed by atoms with Crippen molar-refractivity contribution in [1.82, 2.24) is 15.5 Å². The summed E-state index contributed by atoms with van der Waals surface area (Å²) in [5.41, 5.74) is 0. The van der Waals surface area contributed by atoms with Crippen LogP contribution in [-0.2, 0) is 38.3 Å². The van der Waals surface area contributed by atoms with Crippen molar-refractivity contribution in [2.24, 2.45) is 0 Å². The molecule has 0 aliphatic rings. The summed E-state index contributed by atoms with van der Waals surface area (Å²) in [6.07, 6.45) is 22.4. The molecule has 340 valence electrons. The number of hydrogen-bond acceptors (Lipinski definition) is 14. The molecule has 0 aromatic carbocycles. The van der Waals surface area contributed by atoms with Crippen molar-refractivity contribution in [1.29, 1.82) is 0 Å². The minimum absolute atomic E-state index is 0. The van der Waals surface area contributed by atoms with E-state index in [2.05, 4.69) is 29.2 Å². The van der Waals surface area contributed by atoms with Crippen molar-refractivity contribution in [2.45, 2.75) is 194 Å². The molecule has 0 heterocycles. The van der Waals surface area contributed by atoms with E-state index in [0.29, 0.717) is 25.9 Å². The Labute approximate surface area is 460 Å². The fourth-order valence-corrected chi connectivity index (χ4v) is 5.60. The molecule has 62 heavy (non-hydrogen) atoms. The van der Waals surface area contributed by atoms with E-state index in [4.69, 9.17) is 5.11 Å². The first-order valence-electron chi connectivity index (χ1n) is 21.5. The number of hydrogen-bond donors (Lipinski definition) is 3. The van der Waals surface area contributed by atoms with E-state index in [9.17, 15) is 54.0 Å². The first-order chi connectivity index (χ1) is 27.6. The van der Waals surface area contributed by atoms with Crippen molar-refractivity contribution in [2.75, 3.05) is 32.8 Å². The summed E-state index contributed by atoms with van der Waals surface area (Å²) in [5, 5.41) is 55.3. The number of amides is 2. The fraction of sp³-hybridized carbons (Fsp3) is 0.833. The molecule has 0 aliphatic heterocycles. The van der Waals surface area contributed by atoms with E-state index in [1.807, 2.05) is 0 Å². The minimum Gasteiger partial charge on any atom is -0.550 e. The molecule has 0 spiro atoms. The molecular formula is C42H75N3Na4O13. The van der Waals surface area contributed by atoms with Crippen molar-refractivity contribution in [3.63, 3.8) is 0 Å². The van der Waals surface area contributed by atoms with Gasteiger partial charge in [0.2, 0.25) is 11.8 Å². The third-order valence-corrected chi connectivity index (χ3v) is 8.96. The predicted molar refractivity (Wildman–Crippen MR) is 212 cm³/mol. The third kappa shape index (κ3) is 62.3. The summed E-state index contributed by atoms with van der Waals surface area (Å²) >= 11 is 0. The van der Waals surface area contributed by atoms with Crippen molar-refractivity contribution in [3.05, 3.63) is 0 Å². The standard InChI is InChI=1S/C19H35NO5.C15H28O4.C8H16N2O4.4Na/c1-2-3-4-5-6-7-8-9-10-11-12-13-17(21)20-16(19(24)25)14-15-18(22)23;1-3-4-5-6-7-8-9-10-11-12-14(16)19-13(2)15(17)18;1-7(12)9-2-3-10(4-5-11)6-8(13)14;;;;/h16H,2-15H2,1H3,(H,20,21)(H,22,23)(H,24,25);13H,3-12H2,1-2H3,(H,17,18);11H,2-6H2,1H3,(H,9,12)(H,13,14);;;;/q;;;4*+1/p-4. The second-order valence-corrected chi connectivity index (χ2v) is 14.5. The number of aliphatic hydroxyl groups is 1. The Morgan fingerprint density at radius 1 is 0.581 bits per heavy atom. The molecule has 0 aliphatic carbocycles. The quantitative estimate of drug-likeness (QED) is 0.0300. The molecule has 2 atom stereocenters. The van der Waals surface area contributed by atoms with Gasteiger partial charge in [-0.1, -0.05) is 129 Å². The van der Waals surface area contributed by atoms with Crippen LogP contribution in [0.2, 0.25) is 0 Å². The number of carboxylic acid groups (broad SMARTS) is 4. The average Bonchev–Trinajstić information content (AvgIpc) is 3.14. The van der Waals surface area contributed by atoms with Crippen LogP contribution < -0.4 is 149 Å². The number of carbonyl (C=O) groups is 7. The Kier molecular flexibility index (Phi) is 70.7. The fourth-order valence-electron chi connectivity index (χ4n) is 5.60. The van der Waals surface area contributed by atoms with E-state index in [1.54, 1.807) is 0 Å². The molecule has 2 amide bonds. The van der Waals surface area contributed by atoms with Gasteiger partial charge in [-0.2, -0.15) is 0 Å². The van der Waals surface area contributed by atoms with Crippen LogP contribution in [0.15, 0.2) is 0 Å². The average molecular weight is 922 g/mol. The van der Waals surface area contributed by atoms with Crippen molar-refractivity contribution < 1.29 is 182 Å². The van der Waals surface area contributed by atoms with Crippen LogP contribution in [0.1, 0.15) is 182 Å². The summed E-state index contributed by atoms with van der Waals surface area (Å²) in [7, 11) is 0. The van der Waals surface area contributed by atoms with E-state index in [-0.39, 0.29) is 163 Å². The molecule has 0 fully saturated rings. The summed E-state index contributed by atoms with van der Waals surface area (Å²) in [5.74, 6) is -6.33. The minimum atomic E-state index is -1.46. The monoisotopic (exact) mass is 921 g/mol. The molecule has 0 aromatic heterocycles. The van der Waals surface area contributed by atoms with E-state index >= 15 is 0 Å². The Morgan fingerprint density at radius 3 is 1.35 bits per heavy atom. The summed E-state index contributed by atoms with van der Waals surface area (Å²) in [6.45, 7) is 7.77. The maximum atomic E-state index is 11.7. The van der Waals surface area contributed by atoms with Gasteiger partial charge in [0, 0.05) is 51.9 Å². The molecule has 16 nitrogen and oxygen atoms in total. The number of carboxylic acids is 4. The smallest absolute Gasteiger partial charge is 0.550 e. The maximum Gasteiger partial charge on any atom is 1.00 e. The van der Waals surface area contributed by atoms with E-state index in [1.165, 1.54) is 109 Å². The van der Waals surface area contributed by atoms with Gasteiger partial charge in [-0.25, -0.2) is 0 Å². The van der Waals surface area contributed by atoms with Gasteiger partial charge < -0.3 is 60.1 Å². The van der Waals surface area contributed by atoms with Crippen LogP contribution in [0.25, 0.3) is 0 Å². The zero-order valence-corrected chi connectivity index (χ0v) is 48.0. The Balaban J connectivity index is -0.000000147. The van der Waals surface area contributed by atoms with Crippen LogP contribution >= 0.6 is 0 Å². The second kappa shape index (κ2) is 57.3. The molecule has 0 saturated carbocycles. The number of esters is 1. The Hall–Kier alpha value is 0.210. The Bertz CT molecular complexity index is 1110. The predicted octanol–water partition coefficient (Wildman–Crippen LogP) is -10.8. The first-order valence-corrected chi connectivity index (χ1v) is 21.5. The van der Waals surface area contributed by atoms with Gasteiger partial charge in [-0.15, -0.1) is 0 Å². The summed E-state index contributed by atoms with van der Waals surface area (Å²) in [6, 6.07) is -1.27. The van der Waals surface area contributed by atoms with Gasteiger partial charge in [-0.05, 0) is 32.6 Å². The van der Waals surface area contributed by atoms with E-state index in [0.717, 1.165) is 32.1 Å². The normalized spacial score (nSPS) is 10.8. The molecule has 0 rings (SSSR count). The van der Waals surface area contributed by atoms with Crippen molar-refractivity contribution >= 4 is 41.7 Å². The summed E-state index contributed by atoms with van der Waals surface area (Å²) < 4.78 is 4.68. The molecule has 0 radical (unpaired) electrons. The third-order valence-electron chi connectivity index (χ3n) is 8.96. The summed E-state index contributed by atoms with van der Waals surface area (Å²) in [4.78, 5) is 76.8. The second-order valence-electron chi connectivity index (χ2n) is 14.5. The number of aliphatic carboxylic acids is 4. The largest absolute Gasteiger partial charge is 1.00 e. The maximum absolute atomic E-state index is 11.7. The van der Waals surface area contributed by atoms with Crippen LogP contribution in [0.3, 0.4) is 0 Å². The molecular weight excluding hydrogens is 846 g/mol. The SMILES string of the molecule is CC(=O)NCCN(CCO)CC(=O)[O-].CCCCCCCCCCCC(=O)OC(C)C(=O)[O-].CCCCCCCCCCCCCC(=O)NC(CCC(=O)[O-])C(=O)[O-].[Na+].[Na+].[Na+].[Na+]. The number of rotatable bonds is 36. The number of nitrogens with zero attached hydrogens (tertiary/aromatic N) is 1. The van der Waals surface area contributed by atoms with Crippen LogP contribution in [0.4, 0.5) is 0 Å². The number of aliphatic hydroxyl groups excluding tert-OH is 1. The molecule has 2 unspecified atom stereocenters. The first kappa shape index (κ1) is 76.5. The van der Waals surface area contributed by atoms with Crippen molar-refractivity contribution in [3.8, 4) is 0 Å². The van der Waals surface area contributed by atoms with Gasteiger partial charge in [0.1, 0.15) is 6.10 Å². The van der Waals surface area contributed by atoms with Gasteiger partial charge >= 0.3 is 124 Å². The van der Waals surface area contributed by atoms with Gasteiger partial charge in [0.05, 0.1) is 30.6 Å². The Morgan fingerprint density at radius 2 is 1.00 bits per heavy atom. The topological polar surface area (TPSA) is 268 Å². The molecule has 0 bridgehead atoms. The number of nitrogens with one attached hydrogen (secondary N) is 2. The van der Waals surface area contributed by atoms with E-state index < -0.39 is 48.4 Å². The molecule has 0 aromatic rings. The van der Waals surface area contributed by atoms with Crippen LogP contribution in [0.5, 0.6) is 0 Å².